The normalized spacial score (nSPS) is 19.1. The van der Waals surface area contributed by atoms with E-state index in [9.17, 15) is 8.42 Å². The van der Waals surface area contributed by atoms with Crippen LogP contribution in [0, 0.1) is 12.8 Å². The van der Waals surface area contributed by atoms with Gasteiger partial charge in [0.25, 0.3) is 0 Å². The molecule has 0 spiro atoms. The van der Waals surface area contributed by atoms with Crippen molar-refractivity contribution in [2.45, 2.75) is 18.2 Å². The number of hydrogen-bond donors (Lipinski definition) is 0. The standard InChI is InChI=1S/C14H19N5O3S/c1-11-3-4-14(17-16-11)22-10-12-5-6-19(8-12)23(20,21)13-7-15-18(2)9-13/h3-4,7,9,12H,5-6,8,10H2,1-2H3. The van der Waals surface area contributed by atoms with Crippen molar-refractivity contribution >= 4 is 10.0 Å². The molecule has 0 radical (unpaired) electrons. The molecule has 0 bridgehead atoms. The van der Waals surface area contributed by atoms with Gasteiger partial charge in [0.15, 0.2) is 0 Å². The maximum absolute atomic E-state index is 12.5. The van der Waals surface area contributed by atoms with Crippen LogP contribution < -0.4 is 4.74 Å². The highest BCUT2D eigenvalue weighted by atomic mass is 32.2. The lowest BCUT2D eigenvalue weighted by Crippen LogP contribution is -2.29. The van der Waals surface area contributed by atoms with Gasteiger partial charge in [-0.2, -0.15) is 14.5 Å². The van der Waals surface area contributed by atoms with Crippen molar-refractivity contribution in [1.29, 1.82) is 0 Å². The van der Waals surface area contributed by atoms with E-state index in [0.29, 0.717) is 25.6 Å². The number of rotatable bonds is 5. The Bertz CT molecular complexity index is 772. The van der Waals surface area contributed by atoms with Crippen LogP contribution in [-0.2, 0) is 17.1 Å². The van der Waals surface area contributed by atoms with Crippen LogP contribution in [0.15, 0.2) is 29.4 Å². The average molecular weight is 337 g/mol. The zero-order valence-electron chi connectivity index (χ0n) is 13.1. The topological polar surface area (TPSA) is 90.2 Å². The van der Waals surface area contributed by atoms with E-state index in [-0.39, 0.29) is 10.8 Å². The summed E-state index contributed by atoms with van der Waals surface area (Å²) in [4.78, 5) is 0.228. The van der Waals surface area contributed by atoms with E-state index in [1.807, 2.05) is 13.0 Å². The number of aryl methyl sites for hydroxylation is 2. The fourth-order valence-electron chi connectivity index (χ4n) is 2.50. The van der Waals surface area contributed by atoms with Crippen LogP contribution in [0.5, 0.6) is 5.88 Å². The van der Waals surface area contributed by atoms with Crippen LogP contribution in [0.25, 0.3) is 0 Å². The molecule has 0 N–H and O–H groups in total. The van der Waals surface area contributed by atoms with Gasteiger partial charge in [-0.05, 0) is 19.4 Å². The van der Waals surface area contributed by atoms with Gasteiger partial charge in [0, 0.05) is 38.3 Å². The fraction of sp³-hybridized carbons (Fsp3) is 0.500. The van der Waals surface area contributed by atoms with Gasteiger partial charge in [-0.15, -0.1) is 5.10 Å². The minimum atomic E-state index is -3.47. The maximum atomic E-state index is 12.5. The molecule has 23 heavy (non-hydrogen) atoms. The molecule has 0 saturated carbocycles. The van der Waals surface area contributed by atoms with Crippen LogP contribution in [0.2, 0.25) is 0 Å². The third-order valence-corrected chi connectivity index (χ3v) is 5.63. The van der Waals surface area contributed by atoms with Gasteiger partial charge in [0.1, 0.15) is 4.90 Å². The Labute approximate surface area is 135 Å². The molecule has 3 rings (SSSR count). The Morgan fingerprint density at radius 1 is 1.35 bits per heavy atom. The van der Waals surface area contributed by atoms with Crippen LogP contribution in [0.1, 0.15) is 12.1 Å². The van der Waals surface area contributed by atoms with Crippen LogP contribution in [0.3, 0.4) is 0 Å². The monoisotopic (exact) mass is 337 g/mol. The maximum Gasteiger partial charge on any atom is 0.246 e. The Kier molecular flexibility index (Phi) is 4.31. The van der Waals surface area contributed by atoms with Crippen molar-refractivity contribution in [3.8, 4) is 5.88 Å². The van der Waals surface area contributed by atoms with Crippen molar-refractivity contribution in [3.05, 3.63) is 30.2 Å². The number of sulfonamides is 1. The van der Waals surface area contributed by atoms with Crippen molar-refractivity contribution in [2.24, 2.45) is 13.0 Å². The van der Waals surface area contributed by atoms with E-state index in [1.54, 1.807) is 13.1 Å². The van der Waals surface area contributed by atoms with Gasteiger partial charge in [-0.25, -0.2) is 8.42 Å². The summed E-state index contributed by atoms with van der Waals surface area (Å²) in [6.45, 7) is 3.22. The highest BCUT2D eigenvalue weighted by Gasteiger charge is 2.33. The molecule has 1 saturated heterocycles. The second kappa shape index (κ2) is 6.25. The molecule has 1 atom stereocenters. The molecule has 0 aliphatic carbocycles. The lowest BCUT2D eigenvalue weighted by molar-refractivity contribution is 0.244. The van der Waals surface area contributed by atoms with E-state index >= 15 is 0 Å². The number of aromatic nitrogens is 4. The first-order chi connectivity index (χ1) is 10.9. The molecule has 2 aromatic rings. The third-order valence-electron chi connectivity index (χ3n) is 3.81. The Morgan fingerprint density at radius 2 is 2.17 bits per heavy atom. The summed E-state index contributed by atoms with van der Waals surface area (Å²) in [5, 5.41) is 11.8. The second-order valence-electron chi connectivity index (χ2n) is 5.69. The molecule has 0 amide bonds. The third kappa shape index (κ3) is 3.50. The molecule has 3 heterocycles. The highest BCUT2D eigenvalue weighted by Crippen LogP contribution is 2.24. The molecule has 1 unspecified atom stereocenters. The minimum Gasteiger partial charge on any atom is -0.476 e. The lowest BCUT2D eigenvalue weighted by atomic mass is 10.1. The molecule has 0 aromatic carbocycles. The Morgan fingerprint density at radius 3 is 2.83 bits per heavy atom. The van der Waals surface area contributed by atoms with Gasteiger partial charge >= 0.3 is 0 Å². The van der Waals surface area contributed by atoms with E-state index < -0.39 is 10.0 Å². The van der Waals surface area contributed by atoms with Crippen molar-refractivity contribution < 1.29 is 13.2 Å². The van der Waals surface area contributed by atoms with E-state index in [0.717, 1.165) is 12.1 Å². The zero-order valence-corrected chi connectivity index (χ0v) is 13.9. The largest absolute Gasteiger partial charge is 0.476 e. The summed E-state index contributed by atoms with van der Waals surface area (Å²) < 4.78 is 33.6. The average Bonchev–Trinajstić information content (AvgIpc) is 3.16. The molecule has 9 heteroatoms. The minimum absolute atomic E-state index is 0.143. The predicted octanol–water partition coefficient (Wildman–Crippen LogP) is 0.608. The zero-order chi connectivity index (χ0) is 16.4. The molecule has 1 fully saturated rings. The van der Waals surface area contributed by atoms with Crippen molar-refractivity contribution in [2.75, 3.05) is 19.7 Å². The number of nitrogens with zero attached hydrogens (tertiary/aromatic N) is 5. The van der Waals surface area contributed by atoms with E-state index in [1.165, 1.54) is 21.4 Å². The van der Waals surface area contributed by atoms with E-state index in [4.69, 9.17) is 4.74 Å². The van der Waals surface area contributed by atoms with Gasteiger partial charge in [-0.3, -0.25) is 4.68 Å². The second-order valence-corrected chi connectivity index (χ2v) is 7.63. The van der Waals surface area contributed by atoms with Gasteiger partial charge in [0.05, 0.1) is 18.5 Å². The SMILES string of the molecule is Cc1ccc(OCC2CCN(S(=O)(=O)c3cnn(C)c3)C2)nn1. The Hall–Kier alpha value is -2.00. The van der Waals surface area contributed by atoms with Crippen LogP contribution in [-0.4, -0.2) is 52.4 Å². The first-order valence-corrected chi connectivity index (χ1v) is 8.81. The molecule has 1 aliphatic rings. The quantitative estimate of drug-likeness (QED) is 0.794. The fourth-order valence-corrected chi connectivity index (χ4v) is 4.02. The van der Waals surface area contributed by atoms with Crippen molar-refractivity contribution in [3.63, 3.8) is 0 Å². The van der Waals surface area contributed by atoms with Crippen molar-refractivity contribution in [1.82, 2.24) is 24.3 Å². The summed E-state index contributed by atoms with van der Waals surface area (Å²) >= 11 is 0. The highest BCUT2D eigenvalue weighted by molar-refractivity contribution is 7.89. The molecule has 8 nitrogen and oxygen atoms in total. The lowest BCUT2D eigenvalue weighted by Gasteiger charge is -2.15. The summed E-state index contributed by atoms with van der Waals surface area (Å²) in [6.07, 6.45) is 3.65. The Balaban J connectivity index is 1.59. The van der Waals surface area contributed by atoms with Crippen LogP contribution >= 0.6 is 0 Å². The molecular formula is C14H19N5O3S. The molecule has 124 valence electrons. The number of ether oxygens (including phenoxy) is 1. The smallest absolute Gasteiger partial charge is 0.246 e. The summed E-state index contributed by atoms with van der Waals surface area (Å²) in [5.41, 5.74) is 0.826. The number of hydrogen-bond acceptors (Lipinski definition) is 6. The summed E-state index contributed by atoms with van der Waals surface area (Å²) in [5.74, 6) is 0.605. The predicted molar refractivity (Wildman–Crippen MR) is 82.3 cm³/mol. The summed E-state index contributed by atoms with van der Waals surface area (Å²) in [6, 6.07) is 3.59. The first-order valence-electron chi connectivity index (χ1n) is 7.37. The molecule has 2 aromatic heterocycles. The van der Waals surface area contributed by atoms with Gasteiger partial charge < -0.3 is 4.74 Å². The van der Waals surface area contributed by atoms with Crippen LogP contribution in [0.4, 0.5) is 0 Å². The van der Waals surface area contributed by atoms with Gasteiger partial charge in [0.2, 0.25) is 15.9 Å². The first kappa shape index (κ1) is 15.9. The summed E-state index contributed by atoms with van der Waals surface area (Å²) in [7, 11) is -1.78. The molecular weight excluding hydrogens is 318 g/mol. The van der Waals surface area contributed by atoms with Gasteiger partial charge in [-0.1, -0.05) is 0 Å². The van der Waals surface area contributed by atoms with E-state index in [2.05, 4.69) is 15.3 Å². The molecule has 1 aliphatic heterocycles.